The van der Waals surface area contributed by atoms with Gasteiger partial charge in [0.15, 0.2) is 5.82 Å². The maximum atomic E-state index is 4.73. The lowest BCUT2D eigenvalue weighted by molar-refractivity contribution is 1.08. The second kappa shape index (κ2) is 8.11. The predicted octanol–water partition coefficient (Wildman–Crippen LogP) is 7.73. The molecule has 0 N–H and O–H groups in total. The van der Waals surface area contributed by atoms with E-state index in [1.807, 2.05) is 30.6 Å². The molecule has 178 valence electrons. The number of nitrogens with zero attached hydrogens (tertiary/aromatic N) is 5. The highest BCUT2D eigenvalue weighted by atomic mass is 15.0. The molecule has 8 rings (SSSR count). The largest absolute Gasteiger partial charge is 0.317 e. The Labute approximate surface area is 218 Å². The molecule has 4 heterocycles. The average Bonchev–Trinajstić information content (AvgIpc) is 3.58. The molecule has 0 spiro atoms. The molecule has 4 aromatic heterocycles. The number of pyridine rings is 1. The standard InChI is InChI=1S/C33H21N5/c1-2-8-24(9-3-1)37-18-16-28-29(37)15-13-22-12-14-27-26-10-4-5-11-30(26)38(32(27)31(22)28)25-20-35-33(36-21-25)23-7-6-17-34-19-23/h1-21H. The summed E-state index contributed by atoms with van der Waals surface area (Å²) in [4.78, 5) is 13.7. The van der Waals surface area contributed by atoms with Crippen molar-refractivity contribution in [2.75, 3.05) is 0 Å². The summed E-state index contributed by atoms with van der Waals surface area (Å²) in [5.41, 5.74) is 6.45. The summed E-state index contributed by atoms with van der Waals surface area (Å²) in [5.74, 6) is 0.662. The Balaban J connectivity index is 1.46. The van der Waals surface area contributed by atoms with E-state index in [2.05, 4.69) is 99.2 Å². The molecule has 5 heteroatoms. The molecule has 0 aliphatic carbocycles. The maximum absolute atomic E-state index is 4.73. The Morgan fingerprint density at radius 2 is 1.37 bits per heavy atom. The summed E-state index contributed by atoms with van der Waals surface area (Å²) < 4.78 is 4.56. The summed E-state index contributed by atoms with van der Waals surface area (Å²) in [6, 6.07) is 34.1. The number of hydrogen-bond donors (Lipinski definition) is 0. The van der Waals surface area contributed by atoms with Gasteiger partial charge in [-0.3, -0.25) is 4.98 Å². The molecule has 0 radical (unpaired) electrons. The van der Waals surface area contributed by atoms with Crippen LogP contribution >= 0.6 is 0 Å². The van der Waals surface area contributed by atoms with Crippen molar-refractivity contribution in [3.8, 4) is 22.8 Å². The molecular weight excluding hydrogens is 466 g/mol. The van der Waals surface area contributed by atoms with Crippen LogP contribution < -0.4 is 0 Å². The van der Waals surface area contributed by atoms with Crippen LogP contribution in [0.5, 0.6) is 0 Å². The Hall–Kier alpha value is -5.29. The first kappa shape index (κ1) is 20.9. The Bertz CT molecular complexity index is 2110. The molecule has 0 aliphatic heterocycles. The monoisotopic (exact) mass is 487 g/mol. The topological polar surface area (TPSA) is 48.5 Å². The number of hydrogen-bond acceptors (Lipinski definition) is 3. The van der Waals surface area contributed by atoms with E-state index in [-0.39, 0.29) is 0 Å². The average molecular weight is 488 g/mol. The molecule has 0 aliphatic rings. The lowest BCUT2D eigenvalue weighted by Gasteiger charge is -2.11. The van der Waals surface area contributed by atoms with E-state index in [1.54, 1.807) is 12.4 Å². The van der Waals surface area contributed by atoms with Gasteiger partial charge in [0.2, 0.25) is 0 Å². The number of fused-ring (bicyclic) bond motifs is 7. The van der Waals surface area contributed by atoms with Crippen LogP contribution in [0, 0.1) is 0 Å². The van der Waals surface area contributed by atoms with Crippen molar-refractivity contribution >= 4 is 43.5 Å². The zero-order valence-electron chi connectivity index (χ0n) is 20.4. The lowest BCUT2D eigenvalue weighted by atomic mass is 10.0. The van der Waals surface area contributed by atoms with Crippen molar-refractivity contribution in [1.29, 1.82) is 0 Å². The Morgan fingerprint density at radius 3 is 2.21 bits per heavy atom. The van der Waals surface area contributed by atoms with Gasteiger partial charge in [0.25, 0.3) is 0 Å². The fourth-order valence-electron chi connectivity index (χ4n) is 5.65. The van der Waals surface area contributed by atoms with Gasteiger partial charge < -0.3 is 9.13 Å². The van der Waals surface area contributed by atoms with Crippen molar-refractivity contribution in [3.05, 3.63) is 128 Å². The van der Waals surface area contributed by atoms with Crippen LogP contribution in [0.4, 0.5) is 0 Å². The molecule has 38 heavy (non-hydrogen) atoms. The first-order chi connectivity index (χ1) is 18.9. The molecule has 5 nitrogen and oxygen atoms in total. The van der Waals surface area contributed by atoms with Gasteiger partial charge in [-0.05, 0) is 47.9 Å². The van der Waals surface area contributed by atoms with E-state index in [1.165, 1.54) is 32.4 Å². The minimum Gasteiger partial charge on any atom is -0.317 e. The van der Waals surface area contributed by atoms with E-state index < -0.39 is 0 Å². The van der Waals surface area contributed by atoms with Gasteiger partial charge in [0.05, 0.1) is 34.6 Å². The molecule has 0 amide bonds. The van der Waals surface area contributed by atoms with Crippen LogP contribution in [-0.2, 0) is 0 Å². The summed E-state index contributed by atoms with van der Waals surface area (Å²) in [5, 5.41) is 6.06. The predicted molar refractivity (Wildman–Crippen MR) is 154 cm³/mol. The van der Waals surface area contributed by atoms with Gasteiger partial charge in [0, 0.05) is 51.4 Å². The number of aromatic nitrogens is 5. The third kappa shape index (κ3) is 3.02. The highest BCUT2D eigenvalue weighted by Gasteiger charge is 2.18. The molecule has 0 bridgehead atoms. The first-order valence-electron chi connectivity index (χ1n) is 12.6. The molecule has 0 saturated heterocycles. The molecular formula is C33H21N5. The van der Waals surface area contributed by atoms with E-state index in [9.17, 15) is 0 Å². The molecule has 8 aromatic rings. The molecule has 0 unspecified atom stereocenters. The summed E-state index contributed by atoms with van der Waals surface area (Å²) in [6.07, 6.45) is 9.53. The fraction of sp³-hybridized carbons (Fsp3) is 0. The molecule has 0 fully saturated rings. The van der Waals surface area contributed by atoms with Crippen LogP contribution in [0.2, 0.25) is 0 Å². The summed E-state index contributed by atoms with van der Waals surface area (Å²) >= 11 is 0. The normalized spacial score (nSPS) is 11.7. The second-order valence-corrected chi connectivity index (χ2v) is 9.44. The number of benzene rings is 4. The van der Waals surface area contributed by atoms with E-state index in [0.29, 0.717) is 5.82 Å². The van der Waals surface area contributed by atoms with E-state index >= 15 is 0 Å². The minimum absolute atomic E-state index is 0.662. The van der Waals surface area contributed by atoms with Crippen molar-refractivity contribution < 1.29 is 0 Å². The van der Waals surface area contributed by atoms with Crippen LogP contribution in [0.3, 0.4) is 0 Å². The third-order valence-corrected chi connectivity index (χ3v) is 7.34. The van der Waals surface area contributed by atoms with Gasteiger partial charge in [-0.2, -0.15) is 0 Å². The quantitative estimate of drug-likeness (QED) is 0.256. The van der Waals surface area contributed by atoms with Crippen LogP contribution in [0.25, 0.3) is 66.2 Å². The number of rotatable bonds is 3. The highest BCUT2D eigenvalue weighted by Crippen LogP contribution is 2.40. The van der Waals surface area contributed by atoms with Gasteiger partial charge in [0.1, 0.15) is 0 Å². The van der Waals surface area contributed by atoms with E-state index in [4.69, 9.17) is 9.97 Å². The molecule has 0 atom stereocenters. The minimum atomic E-state index is 0.662. The van der Waals surface area contributed by atoms with Crippen molar-refractivity contribution in [3.63, 3.8) is 0 Å². The SMILES string of the molecule is c1ccc(-n2ccc3c4c(ccc5c6ccccc6n(-c6cnc(-c7cccnc7)nc6)c54)ccc32)cc1. The fourth-order valence-corrected chi connectivity index (χ4v) is 5.65. The van der Waals surface area contributed by atoms with Crippen LogP contribution in [0.15, 0.2) is 128 Å². The maximum Gasteiger partial charge on any atom is 0.160 e. The van der Waals surface area contributed by atoms with E-state index in [0.717, 1.165) is 28.0 Å². The second-order valence-electron chi connectivity index (χ2n) is 9.44. The molecule has 0 saturated carbocycles. The Morgan fingerprint density at radius 1 is 0.553 bits per heavy atom. The van der Waals surface area contributed by atoms with Gasteiger partial charge in [-0.1, -0.05) is 54.6 Å². The van der Waals surface area contributed by atoms with Crippen molar-refractivity contribution in [2.24, 2.45) is 0 Å². The van der Waals surface area contributed by atoms with Gasteiger partial charge in [-0.25, -0.2) is 9.97 Å². The van der Waals surface area contributed by atoms with Crippen LogP contribution in [-0.4, -0.2) is 24.1 Å². The number of para-hydroxylation sites is 2. The smallest absolute Gasteiger partial charge is 0.160 e. The molecule has 4 aromatic carbocycles. The first-order valence-corrected chi connectivity index (χ1v) is 12.6. The summed E-state index contributed by atoms with van der Waals surface area (Å²) in [7, 11) is 0. The van der Waals surface area contributed by atoms with Crippen LogP contribution in [0.1, 0.15) is 0 Å². The summed E-state index contributed by atoms with van der Waals surface area (Å²) in [6.45, 7) is 0. The third-order valence-electron chi connectivity index (χ3n) is 7.34. The Kier molecular flexibility index (Phi) is 4.45. The van der Waals surface area contributed by atoms with Gasteiger partial charge >= 0.3 is 0 Å². The van der Waals surface area contributed by atoms with Crippen molar-refractivity contribution in [1.82, 2.24) is 24.1 Å². The van der Waals surface area contributed by atoms with Crippen molar-refractivity contribution in [2.45, 2.75) is 0 Å². The zero-order chi connectivity index (χ0) is 25.1. The highest BCUT2D eigenvalue weighted by molar-refractivity contribution is 6.25. The zero-order valence-corrected chi connectivity index (χ0v) is 20.4. The van der Waals surface area contributed by atoms with Gasteiger partial charge in [-0.15, -0.1) is 0 Å². The lowest BCUT2D eigenvalue weighted by Crippen LogP contribution is -1.98.